The van der Waals surface area contributed by atoms with Crippen molar-refractivity contribution in [2.45, 2.75) is 6.92 Å². The molecule has 9 heavy (non-hydrogen) atoms. The third-order valence-electron chi connectivity index (χ3n) is 1.19. The number of rotatable bonds is 1. The van der Waals surface area contributed by atoms with Crippen LogP contribution in [0.25, 0.3) is 0 Å². The molecule has 0 N–H and O–H groups in total. The van der Waals surface area contributed by atoms with Gasteiger partial charge in [-0.3, -0.25) is 0 Å². The molecule has 0 aromatic rings. The highest BCUT2D eigenvalue weighted by Gasteiger charge is 1.98. The molecule has 0 spiro atoms. The summed E-state index contributed by atoms with van der Waals surface area (Å²) in [5, 5.41) is 0. The summed E-state index contributed by atoms with van der Waals surface area (Å²) in [4.78, 5) is 4.12. The third-order valence-corrected chi connectivity index (χ3v) is 1.90. The predicted molar refractivity (Wildman–Crippen MR) is 42.5 cm³/mol. The van der Waals surface area contributed by atoms with Gasteiger partial charge in [-0.15, -0.1) is 0 Å². The molecule has 1 heterocycles. The van der Waals surface area contributed by atoms with Gasteiger partial charge < -0.3 is 4.31 Å². The van der Waals surface area contributed by atoms with Gasteiger partial charge in [-0.05, 0) is 13.0 Å². The van der Waals surface area contributed by atoms with E-state index in [2.05, 4.69) is 15.4 Å². The first kappa shape index (κ1) is 6.68. The Bertz CT molecular complexity index is 151. The Hall–Kier alpha value is -0.440. The monoisotopic (exact) mass is 142 g/mol. The quantitative estimate of drug-likeness (QED) is 0.516. The van der Waals surface area contributed by atoms with Crippen LogP contribution < -0.4 is 0 Å². The standard InChI is InChI=1S/C6H10N2S/c1-6-3-4-8(9-2)5-7-6/h3,5H,4H2,1-2H3. The number of aliphatic imine (C=N–C) groups is 1. The van der Waals surface area contributed by atoms with Crippen LogP contribution in [0, 0.1) is 0 Å². The molecule has 0 unspecified atom stereocenters. The first-order valence-electron chi connectivity index (χ1n) is 2.84. The van der Waals surface area contributed by atoms with E-state index in [1.54, 1.807) is 11.9 Å². The Morgan fingerprint density at radius 3 is 3.00 bits per heavy atom. The highest BCUT2D eigenvalue weighted by atomic mass is 32.2. The summed E-state index contributed by atoms with van der Waals surface area (Å²) in [5.74, 6) is 0. The molecule has 1 rings (SSSR count). The summed E-state index contributed by atoms with van der Waals surface area (Å²) < 4.78 is 2.08. The van der Waals surface area contributed by atoms with Crippen LogP contribution in [0.5, 0.6) is 0 Å². The summed E-state index contributed by atoms with van der Waals surface area (Å²) >= 11 is 1.69. The molecule has 0 atom stereocenters. The van der Waals surface area contributed by atoms with Crippen molar-refractivity contribution in [3.05, 3.63) is 11.8 Å². The average Bonchev–Trinajstić information content (AvgIpc) is 1.90. The van der Waals surface area contributed by atoms with Crippen LogP contribution >= 0.6 is 11.9 Å². The summed E-state index contributed by atoms with van der Waals surface area (Å²) in [7, 11) is 0. The summed E-state index contributed by atoms with van der Waals surface area (Å²) in [6.45, 7) is 2.99. The van der Waals surface area contributed by atoms with E-state index in [9.17, 15) is 0 Å². The van der Waals surface area contributed by atoms with Crippen molar-refractivity contribution in [1.82, 2.24) is 4.31 Å². The maximum absolute atomic E-state index is 4.12. The van der Waals surface area contributed by atoms with Gasteiger partial charge in [0, 0.05) is 12.0 Å². The van der Waals surface area contributed by atoms with Crippen molar-refractivity contribution in [2.24, 2.45) is 4.99 Å². The van der Waals surface area contributed by atoms with Crippen molar-refractivity contribution in [3.8, 4) is 0 Å². The van der Waals surface area contributed by atoms with E-state index in [0.717, 1.165) is 12.2 Å². The van der Waals surface area contributed by atoms with Crippen LogP contribution in [-0.2, 0) is 0 Å². The van der Waals surface area contributed by atoms with E-state index in [-0.39, 0.29) is 0 Å². The van der Waals surface area contributed by atoms with Gasteiger partial charge in [-0.25, -0.2) is 4.99 Å². The van der Waals surface area contributed by atoms with Crippen molar-refractivity contribution in [3.63, 3.8) is 0 Å². The zero-order chi connectivity index (χ0) is 6.69. The molecule has 0 radical (unpaired) electrons. The maximum Gasteiger partial charge on any atom is 0.101 e. The lowest BCUT2D eigenvalue weighted by molar-refractivity contribution is 0.761. The molecule has 1 aliphatic heterocycles. The first-order chi connectivity index (χ1) is 4.33. The molecule has 3 heteroatoms. The minimum Gasteiger partial charge on any atom is -0.303 e. The van der Waals surface area contributed by atoms with Gasteiger partial charge in [0.2, 0.25) is 0 Å². The number of allylic oxidation sites excluding steroid dienone is 1. The van der Waals surface area contributed by atoms with E-state index >= 15 is 0 Å². The zero-order valence-electron chi connectivity index (χ0n) is 5.66. The Kier molecular flexibility index (Phi) is 2.16. The lowest BCUT2D eigenvalue weighted by Gasteiger charge is -2.16. The SMILES string of the molecule is CSN1C=NC(C)=CC1. The smallest absolute Gasteiger partial charge is 0.101 e. The lowest BCUT2D eigenvalue weighted by atomic mass is 10.4. The maximum atomic E-state index is 4.12. The summed E-state index contributed by atoms with van der Waals surface area (Å²) in [6, 6.07) is 0. The number of hydrogen-bond acceptors (Lipinski definition) is 3. The zero-order valence-corrected chi connectivity index (χ0v) is 6.48. The Labute approximate surface area is 59.8 Å². The molecule has 1 aliphatic rings. The molecule has 0 aromatic carbocycles. The molecular weight excluding hydrogens is 132 g/mol. The summed E-state index contributed by atoms with van der Waals surface area (Å²) in [6.07, 6.45) is 6.01. The fourth-order valence-electron chi connectivity index (χ4n) is 0.599. The van der Waals surface area contributed by atoms with Crippen molar-refractivity contribution < 1.29 is 0 Å². The highest BCUT2D eigenvalue weighted by molar-refractivity contribution is 7.96. The van der Waals surface area contributed by atoms with Gasteiger partial charge in [0.05, 0.1) is 6.54 Å². The fourth-order valence-corrected chi connectivity index (χ4v) is 0.964. The molecule has 0 amide bonds. The van der Waals surface area contributed by atoms with Gasteiger partial charge in [0.15, 0.2) is 0 Å². The largest absolute Gasteiger partial charge is 0.303 e. The first-order valence-corrected chi connectivity index (χ1v) is 4.03. The Morgan fingerprint density at radius 2 is 2.56 bits per heavy atom. The number of nitrogens with zero attached hydrogens (tertiary/aromatic N) is 2. The van der Waals surface area contributed by atoms with E-state index in [4.69, 9.17) is 0 Å². The van der Waals surface area contributed by atoms with E-state index < -0.39 is 0 Å². The van der Waals surface area contributed by atoms with Gasteiger partial charge >= 0.3 is 0 Å². The minimum absolute atomic E-state index is 0.983. The molecule has 0 fully saturated rings. The van der Waals surface area contributed by atoms with E-state index in [0.29, 0.717) is 0 Å². The molecule has 0 saturated heterocycles. The van der Waals surface area contributed by atoms with Gasteiger partial charge in [0.25, 0.3) is 0 Å². The fraction of sp³-hybridized carbons (Fsp3) is 0.500. The van der Waals surface area contributed by atoms with Crippen LogP contribution in [0.2, 0.25) is 0 Å². The van der Waals surface area contributed by atoms with E-state index in [1.807, 2.05) is 19.5 Å². The van der Waals surface area contributed by atoms with Crippen LogP contribution in [0.1, 0.15) is 6.92 Å². The third kappa shape index (κ3) is 1.75. The topological polar surface area (TPSA) is 15.6 Å². The second-order valence-electron chi connectivity index (χ2n) is 1.87. The number of hydrogen-bond donors (Lipinski definition) is 0. The van der Waals surface area contributed by atoms with Crippen molar-refractivity contribution in [2.75, 3.05) is 12.8 Å². The van der Waals surface area contributed by atoms with E-state index in [1.165, 1.54) is 0 Å². The molecule has 0 saturated carbocycles. The predicted octanol–water partition coefficient (Wildman–Crippen LogP) is 1.51. The molecule has 0 aromatic heterocycles. The molecule has 2 nitrogen and oxygen atoms in total. The second-order valence-corrected chi connectivity index (χ2v) is 2.71. The lowest BCUT2D eigenvalue weighted by Crippen LogP contribution is -2.15. The van der Waals surface area contributed by atoms with Crippen LogP contribution in [0.3, 0.4) is 0 Å². The van der Waals surface area contributed by atoms with Gasteiger partial charge in [0.1, 0.15) is 6.34 Å². The highest BCUT2D eigenvalue weighted by Crippen LogP contribution is 2.08. The minimum atomic E-state index is 0.983. The van der Waals surface area contributed by atoms with Crippen molar-refractivity contribution >= 4 is 18.3 Å². The van der Waals surface area contributed by atoms with Crippen molar-refractivity contribution in [1.29, 1.82) is 0 Å². The van der Waals surface area contributed by atoms with Gasteiger partial charge in [-0.1, -0.05) is 11.9 Å². The van der Waals surface area contributed by atoms with Gasteiger partial charge in [-0.2, -0.15) is 0 Å². The Balaban J connectivity index is 2.48. The van der Waals surface area contributed by atoms with Crippen LogP contribution in [0.15, 0.2) is 16.8 Å². The Morgan fingerprint density at radius 1 is 1.78 bits per heavy atom. The summed E-state index contributed by atoms with van der Waals surface area (Å²) in [5.41, 5.74) is 1.11. The molecular formula is C6H10N2S. The van der Waals surface area contributed by atoms with Crippen LogP contribution in [0.4, 0.5) is 0 Å². The second kappa shape index (κ2) is 2.92. The molecule has 50 valence electrons. The molecule has 0 bridgehead atoms. The normalized spacial score (nSPS) is 18.0. The average molecular weight is 142 g/mol. The molecule has 0 aliphatic carbocycles. The van der Waals surface area contributed by atoms with Crippen LogP contribution in [-0.4, -0.2) is 23.4 Å².